The van der Waals surface area contributed by atoms with Crippen molar-refractivity contribution in [2.24, 2.45) is 5.73 Å². The van der Waals surface area contributed by atoms with Gasteiger partial charge >= 0.3 is 0 Å². The number of nitrogens with zero attached hydrogens (tertiary/aromatic N) is 1. The number of rotatable bonds is 5. The van der Waals surface area contributed by atoms with Gasteiger partial charge in [-0.05, 0) is 35.9 Å². The number of benzene rings is 1. The molecule has 2 aromatic rings. The molecule has 0 radical (unpaired) electrons. The van der Waals surface area contributed by atoms with Crippen molar-refractivity contribution in [2.75, 3.05) is 7.11 Å². The molecule has 4 heteroatoms. The van der Waals surface area contributed by atoms with Gasteiger partial charge in [-0.3, -0.25) is 4.98 Å². The molecule has 1 aromatic carbocycles. The second-order valence-corrected chi connectivity index (χ2v) is 3.83. The number of ether oxygens (including phenoxy) is 2. The monoisotopic (exact) mass is 244 g/mol. The van der Waals surface area contributed by atoms with Gasteiger partial charge in [-0.25, -0.2) is 0 Å². The first kappa shape index (κ1) is 12.4. The summed E-state index contributed by atoms with van der Waals surface area (Å²) in [7, 11) is 1.64. The van der Waals surface area contributed by atoms with Gasteiger partial charge in [-0.15, -0.1) is 0 Å². The van der Waals surface area contributed by atoms with Crippen LogP contribution in [0.2, 0.25) is 0 Å². The standard InChI is InChI=1S/C14H16N2O2/c1-17-13-4-6-14(7-5-13)18-10-12-3-2-11(8-15)9-16-12/h2-7,9H,8,10,15H2,1H3. The molecule has 0 saturated heterocycles. The van der Waals surface area contributed by atoms with Crippen LogP contribution >= 0.6 is 0 Å². The molecule has 0 bridgehead atoms. The Labute approximate surface area is 106 Å². The molecule has 94 valence electrons. The quantitative estimate of drug-likeness (QED) is 0.875. The van der Waals surface area contributed by atoms with E-state index in [1.807, 2.05) is 36.4 Å². The summed E-state index contributed by atoms with van der Waals surface area (Å²) < 4.78 is 10.7. The third kappa shape index (κ3) is 3.21. The molecule has 0 amide bonds. The maximum atomic E-state index is 5.62. The normalized spacial score (nSPS) is 10.1. The zero-order valence-electron chi connectivity index (χ0n) is 10.3. The highest BCUT2D eigenvalue weighted by atomic mass is 16.5. The first-order valence-electron chi connectivity index (χ1n) is 5.72. The van der Waals surface area contributed by atoms with Crippen molar-refractivity contribution in [1.29, 1.82) is 0 Å². The largest absolute Gasteiger partial charge is 0.497 e. The predicted molar refractivity (Wildman–Crippen MR) is 69.5 cm³/mol. The first-order chi connectivity index (χ1) is 8.81. The van der Waals surface area contributed by atoms with Crippen LogP contribution in [0.3, 0.4) is 0 Å². The van der Waals surface area contributed by atoms with E-state index in [1.165, 1.54) is 0 Å². The van der Waals surface area contributed by atoms with E-state index in [9.17, 15) is 0 Å². The van der Waals surface area contributed by atoms with Crippen molar-refractivity contribution in [3.8, 4) is 11.5 Å². The Bertz CT molecular complexity index is 433. The van der Waals surface area contributed by atoms with Crippen LogP contribution in [0.25, 0.3) is 0 Å². The number of hydrogen-bond donors (Lipinski definition) is 1. The molecule has 0 atom stereocenters. The lowest BCUT2D eigenvalue weighted by molar-refractivity contribution is 0.300. The van der Waals surface area contributed by atoms with Crippen molar-refractivity contribution in [2.45, 2.75) is 13.2 Å². The average Bonchev–Trinajstić information content (AvgIpc) is 2.46. The van der Waals surface area contributed by atoms with Gasteiger partial charge in [-0.1, -0.05) is 6.07 Å². The number of pyridine rings is 1. The topological polar surface area (TPSA) is 57.4 Å². The summed E-state index contributed by atoms with van der Waals surface area (Å²) in [6, 6.07) is 11.3. The van der Waals surface area contributed by atoms with Gasteiger partial charge in [0, 0.05) is 12.7 Å². The van der Waals surface area contributed by atoms with E-state index in [0.717, 1.165) is 22.8 Å². The van der Waals surface area contributed by atoms with Crippen molar-refractivity contribution >= 4 is 0 Å². The molecule has 2 rings (SSSR count). The summed E-state index contributed by atoms with van der Waals surface area (Å²) in [6.45, 7) is 0.948. The molecule has 1 aromatic heterocycles. The molecule has 4 nitrogen and oxygen atoms in total. The maximum absolute atomic E-state index is 5.62. The van der Waals surface area contributed by atoms with Crippen LogP contribution in [-0.4, -0.2) is 12.1 Å². The van der Waals surface area contributed by atoms with E-state index in [1.54, 1.807) is 13.3 Å². The van der Waals surface area contributed by atoms with E-state index in [0.29, 0.717) is 13.2 Å². The van der Waals surface area contributed by atoms with E-state index < -0.39 is 0 Å². The Morgan fingerprint density at radius 2 is 1.78 bits per heavy atom. The predicted octanol–water partition coefficient (Wildman–Crippen LogP) is 2.13. The van der Waals surface area contributed by atoms with Crippen molar-refractivity contribution in [3.63, 3.8) is 0 Å². The third-order valence-electron chi connectivity index (χ3n) is 2.57. The number of methoxy groups -OCH3 is 1. The summed E-state index contributed by atoms with van der Waals surface area (Å²) in [5, 5.41) is 0. The fourth-order valence-electron chi connectivity index (χ4n) is 1.49. The molecule has 0 aliphatic rings. The molecule has 1 heterocycles. The van der Waals surface area contributed by atoms with Gasteiger partial charge in [0.25, 0.3) is 0 Å². The smallest absolute Gasteiger partial charge is 0.130 e. The molecule has 0 aliphatic heterocycles. The van der Waals surface area contributed by atoms with Gasteiger partial charge < -0.3 is 15.2 Å². The second-order valence-electron chi connectivity index (χ2n) is 3.83. The van der Waals surface area contributed by atoms with Gasteiger partial charge in [0.05, 0.1) is 12.8 Å². The van der Waals surface area contributed by atoms with Gasteiger partial charge in [0.1, 0.15) is 18.1 Å². The molecule has 0 saturated carbocycles. The lowest BCUT2D eigenvalue weighted by Gasteiger charge is -2.07. The second kappa shape index (κ2) is 6.02. The highest BCUT2D eigenvalue weighted by Crippen LogP contribution is 2.17. The SMILES string of the molecule is COc1ccc(OCc2ccc(CN)cn2)cc1. The van der Waals surface area contributed by atoms with Crippen LogP contribution in [0, 0.1) is 0 Å². The van der Waals surface area contributed by atoms with Crippen molar-refractivity contribution in [1.82, 2.24) is 4.98 Å². The minimum atomic E-state index is 0.442. The molecule has 0 spiro atoms. The highest BCUT2D eigenvalue weighted by Gasteiger charge is 1.98. The van der Waals surface area contributed by atoms with Gasteiger partial charge in [0.2, 0.25) is 0 Å². The number of hydrogen-bond acceptors (Lipinski definition) is 4. The maximum Gasteiger partial charge on any atom is 0.130 e. The van der Waals surface area contributed by atoms with E-state index in [-0.39, 0.29) is 0 Å². The summed E-state index contributed by atoms with van der Waals surface area (Å²) >= 11 is 0. The zero-order chi connectivity index (χ0) is 12.8. The first-order valence-corrected chi connectivity index (χ1v) is 5.72. The molecule has 0 unspecified atom stereocenters. The Morgan fingerprint density at radius 3 is 2.33 bits per heavy atom. The summed E-state index contributed by atoms with van der Waals surface area (Å²) in [5.41, 5.74) is 7.40. The minimum Gasteiger partial charge on any atom is -0.497 e. The third-order valence-corrected chi connectivity index (χ3v) is 2.57. The summed E-state index contributed by atoms with van der Waals surface area (Å²) in [5.74, 6) is 1.60. The van der Waals surface area contributed by atoms with Crippen LogP contribution in [0.5, 0.6) is 11.5 Å². The molecule has 2 N–H and O–H groups in total. The lowest BCUT2D eigenvalue weighted by atomic mass is 10.2. The van der Waals surface area contributed by atoms with E-state index in [2.05, 4.69) is 4.98 Å². The fraction of sp³-hybridized carbons (Fsp3) is 0.214. The highest BCUT2D eigenvalue weighted by molar-refractivity contribution is 5.31. The van der Waals surface area contributed by atoms with Crippen molar-refractivity contribution < 1.29 is 9.47 Å². The molecule has 0 fully saturated rings. The van der Waals surface area contributed by atoms with Crippen LogP contribution in [0.4, 0.5) is 0 Å². The molecule has 0 aliphatic carbocycles. The zero-order valence-corrected chi connectivity index (χ0v) is 10.3. The minimum absolute atomic E-state index is 0.442. The van der Waals surface area contributed by atoms with Gasteiger partial charge in [0.15, 0.2) is 0 Å². The van der Waals surface area contributed by atoms with E-state index in [4.69, 9.17) is 15.2 Å². The Morgan fingerprint density at radius 1 is 1.06 bits per heavy atom. The molecular weight excluding hydrogens is 228 g/mol. The Balaban J connectivity index is 1.93. The van der Waals surface area contributed by atoms with Crippen molar-refractivity contribution in [3.05, 3.63) is 53.9 Å². The Hall–Kier alpha value is -2.07. The molecule has 18 heavy (non-hydrogen) atoms. The number of nitrogens with two attached hydrogens (primary N) is 1. The summed E-state index contributed by atoms with van der Waals surface area (Å²) in [4.78, 5) is 4.27. The van der Waals surface area contributed by atoms with Gasteiger partial charge in [-0.2, -0.15) is 0 Å². The van der Waals surface area contributed by atoms with E-state index >= 15 is 0 Å². The number of aromatic nitrogens is 1. The fourth-order valence-corrected chi connectivity index (χ4v) is 1.49. The lowest BCUT2D eigenvalue weighted by Crippen LogP contribution is -2.01. The van der Waals surface area contributed by atoms with Crippen LogP contribution in [0.15, 0.2) is 42.6 Å². The van der Waals surface area contributed by atoms with Crippen LogP contribution < -0.4 is 15.2 Å². The molecular formula is C14H16N2O2. The van der Waals surface area contributed by atoms with Crippen LogP contribution in [-0.2, 0) is 13.2 Å². The Kier molecular flexibility index (Phi) is 4.15. The average molecular weight is 244 g/mol. The van der Waals surface area contributed by atoms with Crippen LogP contribution in [0.1, 0.15) is 11.3 Å². The summed E-state index contributed by atoms with van der Waals surface area (Å²) in [6.07, 6.45) is 1.77.